The fourth-order valence-electron chi connectivity index (χ4n) is 2.53. The largest absolute Gasteiger partial charge is 0.309 e. The minimum atomic E-state index is 0.337. The first kappa shape index (κ1) is 18.1. The van der Waals surface area contributed by atoms with Crippen LogP contribution in [0.15, 0.2) is 21.2 Å². The number of nitrogens with one attached hydrogen (secondary N) is 1. The highest BCUT2D eigenvalue weighted by Gasteiger charge is 2.19. The van der Waals surface area contributed by atoms with Gasteiger partial charge in [-0.05, 0) is 56.8 Å². The van der Waals surface area contributed by atoms with E-state index in [0.29, 0.717) is 6.04 Å². The van der Waals surface area contributed by atoms with Gasteiger partial charge >= 0.3 is 0 Å². The van der Waals surface area contributed by atoms with Gasteiger partial charge in [0.2, 0.25) is 0 Å². The van der Waals surface area contributed by atoms with Crippen molar-refractivity contribution in [3.63, 3.8) is 0 Å². The number of hydrogen-bond donors (Lipinski definition) is 1. The molecule has 20 heavy (non-hydrogen) atoms. The maximum atomic E-state index is 4.61. The Balaban J connectivity index is 2.81. The third-order valence-corrected chi connectivity index (χ3v) is 4.80. The van der Waals surface area contributed by atoms with Crippen molar-refractivity contribution in [1.29, 1.82) is 0 Å². The van der Waals surface area contributed by atoms with Crippen LogP contribution in [0.2, 0.25) is 0 Å². The normalized spacial score (nSPS) is 14.2. The number of pyridine rings is 1. The van der Waals surface area contributed by atoms with E-state index in [1.54, 1.807) is 0 Å². The average Bonchev–Trinajstić information content (AvgIpc) is 2.42. The molecule has 0 radical (unpaired) electrons. The Morgan fingerprint density at radius 2 is 2.00 bits per heavy atom. The number of rotatable bonds is 9. The van der Waals surface area contributed by atoms with E-state index in [2.05, 4.69) is 69.0 Å². The maximum absolute atomic E-state index is 4.61. The molecule has 2 unspecified atom stereocenters. The van der Waals surface area contributed by atoms with Crippen LogP contribution in [0.1, 0.15) is 64.6 Å². The Kier molecular flexibility index (Phi) is 8.98. The van der Waals surface area contributed by atoms with Gasteiger partial charge in [0.05, 0.1) is 11.7 Å². The number of aromatic nitrogens is 1. The van der Waals surface area contributed by atoms with Crippen LogP contribution in [0.25, 0.3) is 0 Å². The third kappa shape index (κ3) is 5.82. The summed E-state index contributed by atoms with van der Waals surface area (Å²) in [4.78, 5) is 4.61. The van der Waals surface area contributed by atoms with E-state index in [1.165, 1.54) is 25.7 Å². The average molecular weight is 406 g/mol. The molecular formula is C16H26Br2N2. The van der Waals surface area contributed by atoms with Crippen molar-refractivity contribution in [2.45, 2.75) is 58.9 Å². The van der Waals surface area contributed by atoms with Gasteiger partial charge in [-0.3, -0.25) is 4.98 Å². The van der Waals surface area contributed by atoms with Crippen LogP contribution in [-0.4, -0.2) is 11.5 Å². The van der Waals surface area contributed by atoms with Crippen molar-refractivity contribution in [2.75, 3.05) is 6.54 Å². The SMILES string of the molecule is CCCCC(CC)CC(NCC)c1ncc(Br)cc1Br. The van der Waals surface area contributed by atoms with Crippen molar-refractivity contribution in [3.05, 3.63) is 26.9 Å². The molecule has 0 saturated heterocycles. The molecule has 2 nitrogen and oxygen atoms in total. The Morgan fingerprint density at radius 1 is 1.25 bits per heavy atom. The highest BCUT2D eigenvalue weighted by molar-refractivity contribution is 9.11. The lowest BCUT2D eigenvalue weighted by Gasteiger charge is -2.24. The number of hydrogen-bond acceptors (Lipinski definition) is 2. The predicted molar refractivity (Wildman–Crippen MR) is 94.0 cm³/mol. The van der Waals surface area contributed by atoms with Gasteiger partial charge in [0.1, 0.15) is 0 Å². The summed E-state index contributed by atoms with van der Waals surface area (Å²) in [7, 11) is 0. The van der Waals surface area contributed by atoms with E-state index in [9.17, 15) is 0 Å². The monoisotopic (exact) mass is 404 g/mol. The standard InChI is InChI=1S/C16H26Br2N2/c1-4-7-8-12(5-2)9-15(19-6-3)16-14(18)10-13(17)11-20-16/h10-12,15,19H,4-9H2,1-3H3. The number of nitrogens with zero attached hydrogens (tertiary/aromatic N) is 1. The summed E-state index contributed by atoms with van der Waals surface area (Å²) in [5.74, 6) is 0.774. The smallest absolute Gasteiger partial charge is 0.0715 e. The summed E-state index contributed by atoms with van der Waals surface area (Å²) < 4.78 is 2.10. The first-order valence-corrected chi connectivity index (χ1v) is 9.25. The van der Waals surface area contributed by atoms with Crippen molar-refractivity contribution < 1.29 is 0 Å². The molecule has 1 heterocycles. The molecule has 0 aliphatic rings. The van der Waals surface area contributed by atoms with E-state index in [0.717, 1.165) is 33.5 Å². The lowest BCUT2D eigenvalue weighted by atomic mass is 9.90. The second-order valence-corrected chi connectivity index (χ2v) is 7.05. The van der Waals surface area contributed by atoms with Crippen LogP contribution in [0.5, 0.6) is 0 Å². The van der Waals surface area contributed by atoms with Crippen molar-refractivity contribution in [3.8, 4) is 0 Å². The van der Waals surface area contributed by atoms with E-state index in [1.807, 2.05) is 6.20 Å². The molecule has 0 spiro atoms. The van der Waals surface area contributed by atoms with Gasteiger partial charge < -0.3 is 5.32 Å². The zero-order chi connectivity index (χ0) is 15.0. The quantitative estimate of drug-likeness (QED) is 0.556. The van der Waals surface area contributed by atoms with E-state index in [-0.39, 0.29) is 0 Å². The Hall–Kier alpha value is 0.0700. The molecule has 1 N–H and O–H groups in total. The molecule has 4 heteroatoms. The molecule has 1 aromatic heterocycles. The predicted octanol–water partition coefficient (Wildman–Crippen LogP) is 5.86. The Bertz CT molecular complexity index is 396. The third-order valence-electron chi connectivity index (χ3n) is 3.73. The molecule has 0 saturated carbocycles. The Morgan fingerprint density at radius 3 is 2.55 bits per heavy atom. The minimum absolute atomic E-state index is 0.337. The fraction of sp³-hybridized carbons (Fsp3) is 0.688. The number of unbranched alkanes of at least 4 members (excludes halogenated alkanes) is 1. The van der Waals surface area contributed by atoms with E-state index < -0.39 is 0 Å². The highest BCUT2D eigenvalue weighted by atomic mass is 79.9. The van der Waals surface area contributed by atoms with Crippen molar-refractivity contribution >= 4 is 31.9 Å². The summed E-state index contributed by atoms with van der Waals surface area (Å²) in [6.45, 7) is 7.70. The van der Waals surface area contributed by atoms with Gasteiger partial charge in [0.15, 0.2) is 0 Å². The van der Waals surface area contributed by atoms with Gasteiger partial charge in [0.25, 0.3) is 0 Å². The molecule has 0 aromatic carbocycles. The zero-order valence-corrected chi connectivity index (χ0v) is 15.9. The minimum Gasteiger partial charge on any atom is -0.309 e. The van der Waals surface area contributed by atoms with Crippen LogP contribution in [0.4, 0.5) is 0 Å². The van der Waals surface area contributed by atoms with Crippen LogP contribution < -0.4 is 5.32 Å². The maximum Gasteiger partial charge on any atom is 0.0715 e. The summed E-state index contributed by atoms with van der Waals surface area (Å²) in [5.41, 5.74) is 1.13. The lowest BCUT2D eigenvalue weighted by molar-refractivity contribution is 0.352. The van der Waals surface area contributed by atoms with Gasteiger partial charge in [-0.2, -0.15) is 0 Å². The van der Waals surface area contributed by atoms with Crippen LogP contribution in [0.3, 0.4) is 0 Å². The highest BCUT2D eigenvalue weighted by Crippen LogP contribution is 2.31. The summed E-state index contributed by atoms with van der Waals surface area (Å²) in [6.07, 6.45) is 8.23. The fourth-order valence-corrected chi connectivity index (χ4v) is 3.80. The molecule has 1 rings (SSSR count). The molecule has 114 valence electrons. The molecule has 0 aliphatic carbocycles. The molecule has 0 bridgehead atoms. The van der Waals surface area contributed by atoms with Gasteiger partial charge in [-0.15, -0.1) is 0 Å². The van der Waals surface area contributed by atoms with Crippen LogP contribution in [-0.2, 0) is 0 Å². The van der Waals surface area contributed by atoms with Gasteiger partial charge in [-0.1, -0.05) is 46.5 Å². The van der Waals surface area contributed by atoms with E-state index >= 15 is 0 Å². The topological polar surface area (TPSA) is 24.9 Å². The van der Waals surface area contributed by atoms with Crippen molar-refractivity contribution in [1.82, 2.24) is 10.3 Å². The van der Waals surface area contributed by atoms with Crippen molar-refractivity contribution in [2.24, 2.45) is 5.92 Å². The van der Waals surface area contributed by atoms with Crippen LogP contribution in [0, 0.1) is 5.92 Å². The van der Waals surface area contributed by atoms with Gasteiger partial charge in [0, 0.05) is 15.1 Å². The first-order chi connectivity index (χ1) is 9.62. The lowest BCUT2D eigenvalue weighted by Crippen LogP contribution is -2.24. The van der Waals surface area contributed by atoms with Gasteiger partial charge in [-0.25, -0.2) is 0 Å². The number of halogens is 2. The zero-order valence-electron chi connectivity index (χ0n) is 12.8. The molecule has 0 fully saturated rings. The molecule has 2 atom stereocenters. The summed E-state index contributed by atoms with van der Waals surface area (Å²) >= 11 is 7.12. The second kappa shape index (κ2) is 9.91. The molecule has 0 aliphatic heterocycles. The van der Waals surface area contributed by atoms with Crippen LogP contribution >= 0.6 is 31.9 Å². The summed E-state index contributed by atoms with van der Waals surface area (Å²) in [5, 5.41) is 3.59. The molecule has 1 aromatic rings. The first-order valence-electron chi connectivity index (χ1n) is 7.66. The second-order valence-electron chi connectivity index (χ2n) is 5.28. The van der Waals surface area contributed by atoms with E-state index in [4.69, 9.17) is 0 Å². The molecular weight excluding hydrogens is 380 g/mol. The molecule has 0 amide bonds. The summed E-state index contributed by atoms with van der Waals surface area (Å²) in [6, 6.07) is 2.42. The Labute approximate surface area is 140 Å².